The fourth-order valence-corrected chi connectivity index (χ4v) is 5.28. The van der Waals surface area contributed by atoms with Crippen LogP contribution in [0.2, 0.25) is 0 Å². The Kier molecular flexibility index (Phi) is 6.24. The van der Waals surface area contributed by atoms with Crippen molar-refractivity contribution in [3.8, 4) is 28.0 Å². The standard InChI is InChI=1S/C31H27OP/c1-22(2)32-30-21-18-23-10-6-7-14-28(23)31(30)29-15-9-8-13-27(29)24-16-19-26(20-17-24)33-25-11-4-3-5-12-25/h3-22,33H,1-2H3. The van der Waals surface area contributed by atoms with Crippen molar-refractivity contribution >= 4 is 30.0 Å². The second kappa shape index (κ2) is 9.61. The van der Waals surface area contributed by atoms with Gasteiger partial charge in [0, 0.05) is 5.56 Å². The molecule has 0 radical (unpaired) electrons. The summed E-state index contributed by atoms with van der Waals surface area (Å²) in [6.07, 6.45) is 0.107. The van der Waals surface area contributed by atoms with Gasteiger partial charge in [-0.15, -0.1) is 0 Å². The zero-order valence-electron chi connectivity index (χ0n) is 19.0. The first-order valence-electron chi connectivity index (χ1n) is 11.4. The Morgan fingerprint density at radius 1 is 0.576 bits per heavy atom. The van der Waals surface area contributed by atoms with Gasteiger partial charge in [0.2, 0.25) is 0 Å². The van der Waals surface area contributed by atoms with Crippen LogP contribution >= 0.6 is 8.58 Å². The van der Waals surface area contributed by atoms with Gasteiger partial charge in [-0.2, -0.15) is 0 Å². The van der Waals surface area contributed by atoms with Gasteiger partial charge in [0.05, 0.1) is 6.10 Å². The molecule has 5 aromatic rings. The van der Waals surface area contributed by atoms with E-state index in [1.807, 2.05) is 0 Å². The van der Waals surface area contributed by atoms with Crippen LogP contribution in [0.1, 0.15) is 13.8 Å². The molecule has 0 aliphatic carbocycles. The monoisotopic (exact) mass is 446 g/mol. The fourth-order valence-electron chi connectivity index (χ4n) is 4.26. The van der Waals surface area contributed by atoms with E-state index in [2.05, 4.69) is 129 Å². The van der Waals surface area contributed by atoms with Crippen molar-refractivity contribution in [2.75, 3.05) is 0 Å². The van der Waals surface area contributed by atoms with E-state index in [0.29, 0.717) is 8.58 Å². The first kappa shape index (κ1) is 21.4. The van der Waals surface area contributed by atoms with E-state index in [9.17, 15) is 0 Å². The van der Waals surface area contributed by atoms with Crippen molar-refractivity contribution in [2.45, 2.75) is 20.0 Å². The summed E-state index contributed by atoms with van der Waals surface area (Å²) < 4.78 is 6.29. The average Bonchev–Trinajstić information content (AvgIpc) is 2.85. The smallest absolute Gasteiger partial charge is 0.128 e. The van der Waals surface area contributed by atoms with Crippen LogP contribution in [0.4, 0.5) is 0 Å². The van der Waals surface area contributed by atoms with Crippen molar-refractivity contribution in [3.63, 3.8) is 0 Å². The maximum atomic E-state index is 6.29. The minimum Gasteiger partial charge on any atom is -0.490 e. The lowest BCUT2D eigenvalue weighted by Crippen LogP contribution is -2.07. The Labute approximate surface area is 197 Å². The fraction of sp³-hybridized carbons (Fsp3) is 0.0968. The Bertz CT molecular complexity index is 1370. The third-order valence-corrected chi connectivity index (χ3v) is 6.95. The van der Waals surface area contributed by atoms with E-state index in [4.69, 9.17) is 4.74 Å². The number of fused-ring (bicyclic) bond motifs is 1. The number of hydrogen-bond acceptors (Lipinski definition) is 1. The molecule has 0 saturated carbocycles. The maximum Gasteiger partial charge on any atom is 0.128 e. The van der Waals surface area contributed by atoms with Crippen molar-refractivity contribution < 1.29 is 4.74 Å². The molecule has 5 rings (SSSR count). The number of benzene rings is 5. The molecule has 0 fully saturated rings. The van der Waals surface area contributed by atoms with Gasteiger partial charge < -0.3 is 4.74 Å². The SMILES string of the molecule is CC(C)Oc1ccc2ccccc2c1-c1ccccc1-c1ccc(Pc2ccccc2)cc1. The van der Waals surface area contributed by atoms with Crippen LogP contribution in [0.3, 0.4) is 0 Å². The Morgan fingerprint density at radius 2 is 1.21 bits per heavy atom. The van der Waals surface area contributed by atoms with Gasteiger partial charge in [-0.05, 0) is 58.0 Å². The molecule has 1 nitrogen and oxygen atoms in total. The van der Waals surface area contributed by atoms with Crippen LogP contribution in [-0.4, -0.2) is 6.10 Å². The van der Waals surface area contributed by atoms with Gasteiger partial charge in [-0.25, -0.2) is 0 Å². The molecule has 0 aliphatic heterocycles. The maximum absolute atomic E-state index is 6.29. The third-order valence-electron chi connectivity index (χ3n) is 5.71. The van der Waals surface area contributed by atoms with Crippen LogP contribution in [0.15, 0.2) is 115 Å². The lowest BCUT2D eigenvalue weighted by molar-refractivity contribution is 0.244. The second-order valence-corrected chi connectivity index (χ2v) is 9.85. The van der Waals surface area contributed by atoms with E-state index in [1.165, 1.54) is 38.1 Å². The molecule has 0 aromatic heterocycles. The normalized spacial score (nSPS) is 11.5. The summed E-state index contributed by atoms with van der Waals surface area (Å²) >= 11 is 0. The van der Waals surface area contributed by atoms with Gasteiger partial charge in [0.15, 0.2) is 0 Å². The molecule has 33 heavy (non-hydrogen) atoms. The lowest BCUT2D eigenvalue weighted by Gasteiger charge is -2.19. The highest BCUT2D eigenvalue weighted by atomic mass is 31.1. The van der Waals surface area contributed by atoms with Crippen LogP contribution < -0.4 is 15.3 Å². The summed E-state index contributed by atoms with van der Waals surface area (Å²) in [4.78, 5) is 0. The molecular weight excluding hydrogens is 419 g/mol. The molecule has 0 saturated heterocycles. The minimum atomic E-state index is 0.107. The van der Waals surface area contributed by atoms with Crippen molar-refractivity contribution in [3.05, 3.63) is 115 Å². The largest absolute Gasteiger partial charge is 0.490 e. The molecule has 0 heterocycles. The van der Waals surface area contributed by atoms with Crippen LogP contribution in [-0.2, 0) is 0 Å². The molecule has 0 aliphatic rings. The highest BCUT2D eigenvalue weighted by Crippen LogP contribution is 2.42. The zero-order valence-corrected chi connectivity index (χ0v) is 20.0. The highest BCUT2D eigenvalue weighted by Gasteiger charge is 2.16. The molecule has 1 unspecified atom stereocenters. The summed E-state index contributed by atoms with van der Waals surface area (Å²) in [6.45, 7) is 4.16. The highest BCUT2D eigenvalue weighted by molar-refractivity contribution is 7.55. The van der Waals surface area contributed by atoms with Gasteiger partial charge in [0.1, 0.15) is 5.75 Å². The van der Waals surface area contributed by atoms with Crippen LogP contribution in [0.5, 0.6) is 5.75 Å². The van der Waals surface area contributed by atoms with Crippen LogP contribution in [0, 0.1) is 0 Å². The number of ether oxygens (including phenoxy) is 1. The summed E-state index contributed by atoms with van der Waals surface area (Å²) in [5.74, 6) is 0.929. The van der Waals surface area contributed by atoms with E-state index >= 15 is 0 Å². The van der Waals surface area contributed by atoms with Gasteiger partial charge in [-0.3, -0.25) is 0 Å². The molecule has 0 spiro atoms. The summed E-state index contributed by atoms with van der Waals surface area (Å²) in [5, 5.41) is 5.14. The van der Waals surface area contributed by atoms with E-state index in [1.54, 1.807) is 0 Å². The lowest BCUT2D eigenvalue weighted by atomic mass is 9.90. The Morgan fingerprint density at radius 3 is 1.97 bits per heavy atom. The van der Waals surface area contributed by atoms with E-state index in [0.717, 1.165) is 11.3 Å². The molecule has 1 atom stereocenters. The number of hydrogen-bond donors (Lipinski definition) is 0. The first-order valence-corrected chi connectivity index (χ1v) is 12.4. The molecule has 0 N–H and O–H groups in total. The number of rotatable bonds is 6. The molecule has 162 valence electrons. The Hall–Kier alpha value is -3.41. The van der Waals surface area contributed by atoms with Gasteiger partial charge in [0.25, 0.3) is 0 Å². The molecule has 2 heteroatoms. The molecule has 5 aromatic carbocycles. The van der Waals surface area contributed by atoms with Crippen molar-refractivity contribution in [1.82, 2.24) is 0 Å². The average molecular weight is 447 g/mol. The van der Waals surface area contributed by atoms with Crippen molar-refractivity contribution in [1.29, 1.82) is 0 Å². The van der Waals surface area contributed by atoms with E-state index in [-0.39, 0.29) is 6.10 Å². The van der Waals surface area contributed by atoms with Gasteiger partial charge >= 0.3 is 0 Å². The minimum absolute atomic E-state index is 0.107. The molecule has 0 bridgehead atoms. The van der Waals surface area contributed by atoms with Gasteiger partial charge in [-0.1, -0.05) is 118 Å². The predicted molar refractivity (Wildman–Crippen MR) is 145 cm³/mol. The third kappa shape index (κ3) is 4.70. The zero-order chi connectivity index (χ0) is 22.6. The summed E-state index contributed by atoms with van der Waals surface area (Å²) in [6, 6.07) is 41.1. The molecule has 0 amide bonds. The van der Waals surface area contributed by atoms with Crippen molar-refractivity contribution in [2.24, 2.45) is 0 Å². The topological polar surface area (TPSA) is 9.23 Å². The second-order valence-electron chi connectivity index (χ2n) is 8.44. The molecular formula is C31H27OP. The summed E-state index contributed by atoms with van der Waals surface area (Å²) in [7, 11) is 0.663. The predicted octanol–water partition coefficient (Wildman–Crippen LogP) is 7.59. The summed E-state index contributed by atoms with van der Waals surface area (Å²) in [5.41, 5.74) is 4.79. The van der Waals surface area contributed by atoms with E-state index < -0.39 is 0 Å². The Balaban J connectivity index is 1.60. The quantitative estimate of drug-likeness (QED) is 0.244. The van der Waals surface area contributed by atoms with Crippen LogP contribution in [0.25, 0.3) is 33.0 Å². The first-order chi connectivity index (χ1) is 16.2.